The molecule has 0 aromatic carbocycles. The van der Waals surface area contributed by atoms with E-state index in [1.54, 1.807) is 17.5 Å². The number of rotatable bonds is 6. The maximum atomic E-state index is 11.5. The average molecular weight is 255 g/mol. The molecule has 1 heterocycles. The van der Waals surface area contributed by atoms with Gasteiger partial charge < -0.3 is 0 Å². The smallest absolute Gasteiger partial charge is 0.212 e. The van der Waals surface area contributed by atoms with Crippen molar-refractivity contribution in [3.8, 4) is 0 Å². The third-order valence-corrected chi connectivity index (χ3v) is 3.54. The number of nitro groups is 1. The van der Waals surface area contributed by atoms with E-state index in [0.29, 0.717) is 4.88 Å². The highest BCUT2D eigenvalue weighted by Gasteiger charge is 2.35. The first-order valence-corrected chi connectivity index (χ1v) is 5.97. The second-order valence-corrected chi connectivity index (χ2v) is 4.82. The molecular formula is C11H13NO4S. The summed E-state index contributed by atoms with van der Waals surface area (Å²) in [6, 6.07) is 3.47. The number of hydrogen-bond donors (Lipinski definition) is 0. The third-order valence-electron chi connectivity index (χ3n) is 2.53. The zero-order chi connectivity index (χ0) is 13.0. The maximum absolute atomic E-state index is 11.5. The zero-order valence-electron chi connectivity index (χ0n) is 9.58. The fourth-order valence-corrected chi connectivity index (χ4v) is 2.73. The minimum Gasteiger partial charge on any atom is -0.299 e. The van der Waals surface area contributed by atoms with E-state index < -0.39 is 23.3 Å². The predicted molar refractivity (Wildman–Crippen MR) is 63.8 cm³/mol. The van der Waals surface area contributed by atoms with Gasteiger partial charge in [-0.3, -0.25) is 19.7 Å². The molecule has 5 nitrogen and oxygen atoms in total. The Balaban J connectivity index is 3.08. The van der Waals surface area contributed by atoms with Crippen molar-refractivity contribution in [2.45, 2.75) is 19.8 Å². The normalized spacial score (nSPS) is 12.4. The van der Waals surface area contributed by atoms with Gasteiger partial charge in [-0.2, -0.15) is 0 Å². The average Bonchev–Trinajstić information content (AvgIpc) is 2.66. The Morgan fingerprint density at radius 1 is 1.41 bits per heavy atom. The van der Waals surface area contributed by atoms with Gasteiger partial charge in [0, 0.05) is 9.80 Å². The molecular weight excluding hydrogens is 242 g/mol. The molecule has 1 aromatic heterocycles. The highest BCUT2D eigenvalue weighted by Crippen LogP contribution is 2.30. The van der Waals surface area contributed by atoms with Gasteiger partial charge in [0.05, 0.1) is 11.8 Å². The van der Waals surface area contributed by atoms with Crippen LogP contribution in [-0.4, -0.2) is 23.0 Å². The lowest BCUT2D eigenvalue weighted by Crippen LogP contribution is -2.30. The van der Waals surface area contributed by atoms with Crippen molar-refractivity contribution in [1.29, 1.82) is 0 Å². The second kappa shape index (κ2) is 5.67. The van der Waals surface area contributed by atoms with Crippen LogP contribution in [0.15, 0.2) is 17.5 Å². The van der Waals surface area contributed by atoms with E-state index in [1.165, 1.54) is 25.2 Å². The fraction of sp³-hybridized carbons (Fsp3) is 0.455. The Morgan fingerprint density at radius 2 is 2.00 bits per heavy atom. The first kappa shape index (κ1) is 13.5. The van der Waals surface area contributed by atoms with Crippen LogP contribution >= 0.6 is 11.3 Å². The topological polar surface area (TPSA) is 77.3 Å². The molecule has 0 aliphatic rings. The number of thiophene rings is 1. The van der Waals surface area contributed by atoms with Gasteiger partial charge in [-0.1, -0.05) is 6.07 Å². The maximum Gasteiger partial charge on any atom is 0.212 e. The van der Waals surface area contributed by atoms with Crippen LogP contribution in [0.5, 0.6) is 0 Å². The van der Waals surface area contributed by atoms with E-state index in [-0.39, 0.29) is 11.6 Å². The first-order valence-electron chi connectivity index (χ1n) is 5.09. The molecule has 0 fully saturated rings. The molecule has 17 heavy (non-hydrogen) atoms. The molecule has 0 saturated carbocycles. The number of nitrogens with zero attached hydrogens (tertiary/aromatic N) is 1. The largest absolute Gasteiger partial charge is 0.299 e. The van der Waals surface area contributed by atoms with Crippen LogP contribution < -0.4 is 0 Å². The van der Waals surface area contributed by atoms with Gasteiger partial charge in [-0.05, 0) is 25.3 Å². The van der Waals surface area contributed by atoms with E-state index in [4.69, 9.17) is 0 Å². The van der Waals surface area contributed by atoms with Crippen LogP contribution in [0, 0.1) is 16.0 Å². The predicted octanol–water partition coefficient (Wildman–Crippen LogP) is 1.90. The van der Waals surface area contributed by atoms with Crippen LogP contribution in [0.2, 0.25) is 0 Å². The molecule has 0 bridgehead atoms. The van der Waals surface area contributed by atoms with E-state index in [0.717, 1.165) is 0 Å². The highest BCUT2D eigenvalue weighted by atomic mass is 32.1. The summed E-state index contributed by atoms with van der Waals surface area (Å²) in [7, 11) is 0. The molecule has 0 aliphatic carbocycles. The molecule has 6 heteroatoms. The van der Waals surface area contributed by atoms with E-state index in [2.05, 4.69) is 0 Å². The molecule has 1 aromatic rings. The summed E-state index contributed by atoms with van der Waals surface area (Å²) in [6.07, 6.45) is 0. The number of carbonyl (C=O) groups is 2. The van der Waals surface area contributed by atoms with E-state index in [9.17, 15) is 19.7 Å². The Kier molecular flexibility index (Phi) is 4.51. The molecule has 0 amide bonds. The summed E-state index contributed by atoms with van der Waals surface area (Å²) in [4.78, 5) is 33.8. The monoisotopic (exact) mass is 255 g/mol. The van der Waals surface area contributed by atoms with Crippen molar-refractivity contribution in [2.75, 3.05) is 6.54 Å². The lowest BCUT2D eigenvalue weighted by molar-refractivity contribution is -0.484. The quantitative estimate of drug-likeness (QED) is 0.442. The number of ketones is 2. The molecule has 0 spiro atoms. The van der Waals surface area contributed by atoms with E-state index in [1.807, 2.05) is 0 Å². The Labute approximate surface area is 103 Å². The number of hydrogen-bond acceptors (Lipinski definition) is 5. The van der Waals surface area contributed by atoms with Crippen LogP contribution in [-0.2, 0) is 9.59 Å². The molecule has 1 atom stereocenters. The van der Waals surface area contributed by atoms with Crippen LogP contribution in [0.4, 0.5) is 0 Å². The molecule has 0 unspecified atom stereocenters. The molecule has 0 radical (unpaired) electrons. The minimum absolute atomic E-state index is 0.322. The molecule has 0 aliphatic heterocycles. The summed E-state index contributed by atoms with van der Waals surface area (Å²) >= 11 is 1.33. The fourth-order valence-electron chi connectivity index (χ4n) is 1.88. The molecule has 1 rings (SSSR count). The summed E-state index contributed by atoms with van der Waals surface area (Å²) in [5, 5.41) is 12.4. The van der Waals surface area contributed by atoms with Crippen molar-refractivity contribution >= 4 is 22.9 Å². The van der Waals surface area contributed by atoms with Gasteiger partial charge in [0.1, 0.15) is 11.6 Å². The third kappa shape index (κ3) is 3.45. The van der Waals surface area contributed by atoms with Gasteiger partial charge in [0.2, 0.25) is 6.54 Å². The van der Waals surface area contributed by atoms with Crippen LogP contribution in [0.1, 0.15) is 24.6 Å². The summed E-state index contributed by atoms with van der Waals surface area (Å²) in [6.45, 7) is 2.20. The lowest BCUT2D eigenvalue weighted by Gasteiger charge is -2.18. The molecule has 92 valence electrons. The van der Waals surface area contributed by atoms with Gasteiger partial charge in [-0.25, -0.2) is 0 Å². The Hall–Kier alpha value is -1.56. The van der Waals surface area contributed by atoms with Gasteiger partial charge in [-0.15, -0.1) is 11.3 Å². The summed E-state index contributed by atoms with van der Waals surface area (Å²) in [5.74, 6) is -2.21. The van der Waals surface area contributed by atoms with E-state index >= 15 is 0 Å². The van der Waals surface area contributed by atoms with Gasteiger partial charge in [0.15, 0.2) is 0 Å². The van der Waals surface area contributed by atoms with Crippen molar-refractivity contribution in [3.05, 3.63) is 32.5 Å². The highest BCUT2D eigenvalue weighted by molar-refractivity contribution is 7.10. The molecule has 0 N–H and O–H groups in total. The SMILES string of the molecule is CC(=O)C(C(C)=O)[C@@H](C[N+](=O)[O-])c1cccs1. The van der Waals surface area contributed by atoms with Crippen molar-refractivity contribution in [3.63, 3.8) is 0 Å². The lowest BCUT2D eigenvalue weighted by atomic mass is 9.85. The minimum atomic E-state index is -0.918. The standard InChI is InChI=1S/C11H13NO4S/c1-7(13)11(8(2)14)9(6-12(15)16)10-4-3-5-17-10/h3-5,9,11H,6H2,1-2H3/t9-/m0/s1. The second-order valence-electron chi connectivity index (χ2n) is 3.84. The first-order chi connectivity index (χ1) is 7.93. The van der Waals surface area contributed by atoms with Crippen molar-refractivity contribution in [2.24, 2.45) is 5.92 Å². The molecule has 0 saturated heterocycles. The Morgan fingerprint density at radius 3 is 2.35 bits per heavy atom. The number of Topliss-reactive ketones (excluding diaryl/α,β-unsaturated/α-hetero) is 2. The van der Waals surface area contributed by atoms with Gasteiger partial charge >= 0.3 is 0 Å². The zero-order valence-corrected chi connectivity index (χ0v) is 10.4. The van der Waals surface area contributed by atoms with Gasteiger partial charge in [0.25, 0.3) is 0 Å². The van der Waals surface area contributed by atoms with Crippen LogP contribution in [0.3, 0.4) is 0 Å². The summed E-state index contributed by atoms with van der Waals surface area (Å²) in [5.41, 5.74) is 0. The van der Waals surface area contributed by atoms with Crippen molar-refractivity contribution in [1.82, 2.24) is 0 Å². The van der Waals surface area contributed by atoms with Crippen LogP contribution in [0.25, 0.3) is 0 Å². The Bertz CT molecular complexity index is 413. The number of carbonyl (C=O) groups excluding carboxylic acids is 2. The van der Waals surface area contributed by atoms with Crippen molar-refractivity contribution < 1.29 is 14.5 Å². The summed E-state index contributed by atoms with van der Waals surface area (Å²) < 4.78 is 0.